The van der Waals surface area contributed by atoms with Crippen LogP contribution < -0.4 is 5.32 Å². The monoisotopic (exact) mass is 296 g/mol. The molecule has 1 saturated heterocycles. The summed E-state index contributed by atoms with van der Waals surface area (Å²) in [6, 6.07) is 10.6. The van der Waals surface area contributed by atoms with E-state index in [1.165, 1.54) is 5.56 Å². The summed E-state index contributed by atoms with van der Waals surface area (Å²) in [6.07, 6.45) is 0.705. The highest BCUT2D eigenvalue weighted by Gasteiger charge is 2.21. The predicted molar refractivity (Wildman–Crippen MR) is 82.6 cm³/mol. The maximum Gasteiger partial charge on any atom is 0.151 e. The highest BCUT2D eigenvalue weighted by atomic mass is 32.2. The van der Waals surface area contributed by atoms with Crippen LogP contribution in [0.25, 0.3) is 0 Å². The molecule has 4 nitrogen and oxygen atoms in total. The van der Waals surface area contributed by atoms with Crippen molar-refractivity contribution in [3.05, 3.63) is 35.9 Å². The molecule has 0 spiro atoms. The van der Waals surface area contributed by atoms with Gasteiger partial charge in [0.05, 0.1) is 5.75 Å². The number of hydrogen-bond acceptors (Lipinski definition) is 4. The Kier molecular flexibility index (Phi) is 5.57. The zero-order valence-corrected chi connectivity index (χ0v) is 12.9. The summed E-state index contributed by atoms with van der Waals surface area (Å²) in [5.41, 5.74) is 1.27. The van der Waals surface area contributed by atoms with Gasteiger partial charge in [0.25, 0.3) is 0 Å². The van der Waals surface area contributed by atoms with Crippen LogP contribution in [0.3, 0.4) is 0 Å². The van der Waals surface area contributed by atoms with Crippen LogP contribution in [0.15, 0.2) is 30.3 Å². The van der Waals surface area contributed by atoms with Gasteiger partial charge in [0.15, 0.2) is 9.84 Å². The van der Waals surface area contributed by atoms with Gasteiger partial charge < -0.3 is 5.32 Å². The average molecular weight is 296 g/mol. The molecule has 1 heterocycles. The van der Waals surface area contributed by atoms with Crippen molar-refractivity contribution in [2.75, 3.05) is 37.7 Å². The standard InChI is InChI=1S/C15H24N2O2S/c1-2-11-20(18,19)12-10-17-9-8-16-15(13-17)14-6-4-3-5-7-14/h3-7,15-16H,2,8-13H2,1H3. The normalized spacial score (nSPS) is 20.9. The first-order valence-corrected chi connectivity index (χ1v) is 9.14. The van der Waals surface area contributed by atoms with Gasteiger partial charge in [0.2, 0.25) is 0 Å². The smallest absolute Gasteiger partial charge is 0.151 e. The van der Waals surface area contributed by atoms with Crippen molar-refractivity contribution >= 4 is 9.84 Å². The molecule has 1 N–H and O–H groups in total. The van der Waals surface area contributed by atoms with Crippen molar-refractivity contribution in [1.29, 1.82) is 0 Å². The third kappa shape index (κ3) is 4.58. The predicted octanol–water partition coefficient (Wildman–Crippen LogP) is 1.46. The van der Waals surface area contributed by atoms with Gasteiger partial charge >= 0.3 is 0 Å². The Balaban J connectivity index is 1.88. The molecule has 1 atom stereocenters. The minimum Gasteiger partial charge on any atom is -0.308 e. The Morgan fingerprint density at radius 2 is 2.00 bits per heavy atom. The molecule has 1 aliphatic rings. The minimum atomic E-state index is -2.88. The van der Waals surface area contributed by atoms with E-state index in [0.29, 0.717) is 24.8 Å². The fourth-order valence-electron chi connectivity index (χ4n) is 2.60. The summed E-state index contributed by atoms with van der Waals surface area (Å²) in [6.45, 7) is 5.27. The Bertz CT molecular complexity index is 502. The second-order valence-electron chi connectivity index (χ2n) is 5.37. The van der Waals surface area contributed by atoms with E-state index in [9.17, 15) is 8.42 Å². The summed E-state index contributed by atoms with van der Waals surface area (Å²) in [5.74, 6) is 0.587. The molecule has 0 aromatic heterocycles. The molecular weight excluding hydrogens is 272 g/mol. The molecule has 20 heavy (non-hydrogen) atoms. The number of nitrogens with one attached hydrogen (secondary N) is 1. The van der Waals surface area contributed by atoms with Crippen LogP contribution in [0.5, 0.6) is 0 Å². The quantitative estimate of drug-likeness (QED) is 0.863. The number of hydrogen-bond donors (Lipinski definition) is 1. The van der Waals surface area contributed by atoms with E-state index >= 15 is 0 Å². The van der Waals surface area contributed by atoms with E-state index in [1.54, 1.807) is 0 Å². The molecule has 1 aromatic carbocycles. The van der Waals surface area contributed by atoms with Gasteiger partial charge in [-0.15, -0.1) is 0 Å². The molecular formula is C15H24N2O2S. The van der Waals surface area contributed by atoms with Crippen LogP contribution >= 0.6 is 0 Å². The molecule has 0 amide bonds. The lowest BCUT2D eigenvalue weighted by molar-refractivity contribution is 0.211. The van der Waals surface area contributed by atoms with Gasteiger partial charge in [0.1, 0.15) is 0 Å². The number of piperazine rings is 1. The highest BCUT2D eigenvalue weighted by Crippen LogP contribution is 2.16. The Morgan fingerprint density at radius 3 is 2.70 bits per heavy atom. The molecule has 0 radical (unpaired) electrons. The van der Waals surface area contributed by atoms with E-state index in [1.807, 2.05) is 25.1 Å². The van der Waals surface area contributed by atoms with Crippen molar-refractivity contribution in [3.63, 3.8) is 0 Å². The van der Waals surface area contributed by atoms with Crippen LogP contribution in [-0.2, 0) is 9.84 Å². The number of sulfone groups is 1. The third-order valence-electron chi connectivity index (χ3n) is 3.70. The maximum atomic E-state index is 11.8. The molecule has 5 heteroatoms. The van der Waals surface area contributed by atoms with E-state index in [0.717, 1.165) is 19.6 Å². The summed E-state index contributed by atoms with van der Waals surface area (Å²) < 4.78 is 23.6. The summed E-state index contributed by atoms with van der Waals surface area (Å²) >= 11 is 0. The molecule has 1 aliphatic heterocycles. The largest absolute Gasteiger partial charge is 0.308 e. The van der Waals surface area contributed by atoms with Crippen molar-refractivity contribution in [2.24, 2.45) is 0 Å². The Labute approximate surface area is 122 Å². The highest BCUT2D eigenvalue weighted by molar-refractivity contribution is 7.91. The van der Waals surface area contributed by atoms with Gasteiger partial charge in [-0.25, -0.2) is 8.42 Å². The van der Waals surface area contributed by atoms with Crippen molar-refractivity contribution in [1.82, 2.24) is 10.2 Å². The molecule has 1 unspecified atom stereocenters. The third-order valence-corrected chi connectivity index (χ3v) is 5.53. The van der Waals surface area contributed by atoms with E-state index in [2.05, 4.69) is 22.3 Å². The van der Waals surface area contributed by atoms with Crippen LogP contribution in [0.1, 0.15) is 24.9 Å². The van der Waals surface area contributed by atoms with Gasteiger partial charge in [-0.05, 0) is 12.0 Å². The molecule has 1 fully saturated rings. The summed E-state index contributed by atoms with van der Waals surface area (Å²) in [4.78, 5) is 2.25. The number of benzene rings is 1. The molecule has 2 rings (SSSR count). The zero-order valence-electron chi connectivity index (χ0n) is 12.1. The molecule has 0 bridgehead atoms. The topological polar surface area (TPSA) is 49.4 Å². The maximum absolute atomic E-state index is 11.8. The number of rotatable bonds is 6. The lowest BCUT2D eigenvalue weighted by Gasteiger charge is -2.33. The second-order valence-corrected chi connectivity index (χ2v) is 7.67. The van der Waals surface area contributed by atoms with Gasteiger partial charge in [-0.3, -0.25) is 4.90 Å². The Hall–Kier alpha value is -0.910. The first kappa shape index (κ1) is 15.5. The first-order valence-electron chi connectivity index (χ1n) is 7.32. The minimum absolute atomic E-state index is 0.280. The van der Waals surface area contributed by atoms with Crippen LogP contribution in [0.2, 0.25) is 0 Å². The van der Waals surface area contributed by atoms with E-state index in [-0.39, 0.29) is 5.75 Å². The average Bonchev–Trinajstić information content (AvgIpc) is 2.47. The fourth-order valence-corrected chi connectivity index (χ4v) is 3.97. The fraction of sp³-hybridized carbons (Fsp3) is 0.600. The summed E-state index contributed by atoms with van der Waals surface area (Å²) in [5, 5.41) is 3.50. The lowest BCUT2D eigenvalue weighted by Crippen LogP contribution is -2.47. The second kappa shape index (κ2) is 7.20. The van der Waals surface area contributed by atoms with Crippen LogP contribution in [0.4, 0.5) is 0 Å². The molecule has 0 saturated carbocycles. The lowest BCUT2D eigenvalue weighted by atomic mass is 10.0. The van der Waals surface area contributed by atoms with Crippen LogP contribution in [-0.4, -0.2) is 51.0 Å². The molecule has 1 aromatic rings. The van der Waals surface area contributed by atoms with E-state index < -0.39 is 9.84 Å². The van der Waals surface area contributed by atoms with Gasteiger partial charge in [-0.2, -0.15) is 0 Å². The molecule has 112 valence electrons. The van der Waals surface area contributed by atoms with Crippen molar-refractivity contribution in [3.8, 4) is 0 Å². The first-order chi connectivity index (χ1) is 9.61. The summed E-state index contributed by atoms with van der Waals surface area (Å²) in [7, 11) is -2.88. The van der Waals surface area contributed by atoms with Crippen molar-refractivity contribution < 1.29 is 8.42 Å². The van der Waals surface area contributed by atoms with Crippen molar-refractivity contribution in [2.45, 2.75) is 19.4 Å². The molecule has 0 aliphatic carbocycles. The van der Waals surface area contributed by atoms with Gasteiger partial charge in [0, 0.05) is 38.0 Å². The van der Waals surface area contributed by atoms with E-state index in [4.69, 9.17) is 0 Å². The SMILES string of the molecule is CCCS(=O)(=O)CCN1CCNC(c2ccccc2)C1. The number of nitrogens with zero attached hydrogens (tertiary/aromatic N) is 1. The zero-order chi connectivity index (χ0) is 14.4. The van der Waals surface area contributed by atoms with Crippen LogP contribution in [0, 0.1) is 0 Å². The Morgan fingerprint density at radius 1 is 1.25 bits per heavy atom. The van der Waals surface area contributed by atoms with Gasteiger partial charge in [-0.1, -0.05) is 37.3 Å².